The van der Waals surface area contributed by atoms with Gasteiger partial charge in [0.05, 0.1) is 11.4 Å². The number of nitrogens with zero attached hydrogens (tertiary/aromatic N) is 2. The van der Waals surface area contributed by atoms with Gasteiger partial charge in [-0.2, -0.15) is 0 Å². The van der Waals surface area contributed by atoms with E-state index in [4.69, 9.17) is 9.47 Å². The van der Waals surface area contributed by atoms with Crippen LogP contribution in [0.2, 0.25) is 0 Å². The van der Waals surface area contributed by atoms with E-state index in [2.05, 4.69) is 10.2 Å². The smallest absolute Gasteiger partial charge is 0.309 e. The summed E-state index contributed by atoms with van der Waals surface area (Å²) in [5, 5.41) is 14.4. The second-order valence-electron chi connectivity index (χ2n) is 9.38. The maximum Gasteiger partial charge on any atom is 0.309 e. The van der Waals surface area contributed by atoms with Crippen molar-refractivity contribution < 1.29 is 19.4 Å². The maximum absolute atomic E-state index is 12.6. The van der Waals surface area contributed by atoms with Gasteiger partial charge in [0.2, 0.25) is 0 Å². The third-order valence-corrected chi connectivity index (χ3v) is 6.98. The molecule has 0 bridgehead atoms. The van der Waals surface area contributed by atoms with Crippen molar-refractivity contribution in [3.63, 3.8) is 0 Å². The van der Waals surface area contributed by atoms with Crippen LogP contribution in [0.1, 0.15) is 17.5 Å². The van der Waals surface area contributed by atoms with Gasteiger partial charge in [0.25, 0.3) is 5.56 Å². The Morgan fingerprint density at radius 3 is 2.69 bits per heavy atom. The fraction of sp³-hybridized carbons (Fsp3) is 0.407. The minimum atomic E-state index is -0.799. The quantitative estimate of drug-likeness (QED) is 0.540. The predicted molar refractivity (Wildman–Crippen MR) is 133 cm³/mol. The number of rotatable bonds is 7. The Labute approximate surface area is 204 Å². The summed E-state index contributed by atoms with van der Waals surface area (Å²) in [5.74, 6) is 0.163. The van der Waals surface area contributed by atoms with Crippen molar-refractivity contribution in [2.45, 2.75) is 32.5 Å². The van der Waals surface area contributed by atoms with Crippen molar-refractivity contribution in [2.24, 2.45) is 5.92 Å². The zero-order chi connectivity index (χ0) is 24.4. The van der Waals surface area contributed by atoms with Crippen LogP contribution in [-0.2, 0) is 17.9 Å². The third kappa shape index (κ3) is 5.18. The standard InChI is InChI=1S/C27H31N3O5/c1-18-2-4-20-5-7-26(31)30(23(20)14-18)11-10-29-9-8-22(21(17-29)27(32)33)28-16-19-3-6-24-25(15-19)35-13-12-34-24/h2-7,14-15,21-22,28H,8-13,16-17H2,1H3,(H,32,33). The van der Waals surface area contributed by atoms with Crippen molar-refractivity contribution in [3.8, 4) is 11.5 Å². The summed E-state index contributed by atoms with van der Waals surface area (Å²) in [5.41, 5.74) is 3.02. The molecule has 35 heavy (non-hydrogen) atoms. The summed E-state index contributed by atoms with van der Waals surface area (Å²) in [6.07, 6.45) is 0.727. The average Bonchev–Trinajstić information content (AvgIpc) is 2.87. The first-order valence-electron chi connectivity index (χ1n) is 12.2. The van der Waals surface area contributed by atoms with Crippen molar-refractivity contribution in [3.05, 3.63) is 70.0 Å². The number of carboxylic acid groups (broad SMARTS) is 1. The first kappa shape index (κ1) is 23.4. The van der Waals surface area contributed by atoms with E-state index >= 15 is 0 Å². The lowest BCUT2D eigenvalue weighted by Gasteiger charge is -2.37. The lowest BCUT2D eigenvalue weighted by Crippen LogP contribution is -2.52. The molecule has 184 valence electrons. The highest BCUT2D eigenvalue weighted by Crippen LogP contribution is 2.31. The fourth-order valence-electron chi connectivity index (χ4n) is 5.03. The predicted octanol–water partition coefficient (Wildman–Crippen LogP) is 2.65. The maximum atomic E-state index is 12.6. The molecule has 2 aromatic carbocycles. The number of pyridine rings is 1. The number of piperidine rings is 1. The molecule has 2 atom stereocenters. The molecule has 2 N–H and O–H groups in total. The molecule has 0 saturated carbocycles. The van der Waals surface area contributed by atoms with Crippen LogP contribution < -0.4 is 20.3 Å². The molecule has 5 rings (SSSR count). The Morgan fingerprint density at radius 1 is 1.06 bits per heavy atom. The minimum absolute atomic E-state index is 0.0335. The first-order valence-corrected chi connectivity index (χ1v) is 12.2. The first-order chi connectivity index (χ1) is 17.0. The minimum Gasteiger partial charge on any atom is -0.486 e. The zero-order valence-corrected chi connectivity index (χ0v) is 19.9. The molecule has 2 unspecified atom stereocenters. The number of benzene rings is 2. The van der Waals surface area contributed by atoms with Crippen LogP contribution in [0, 0.1) is 12.8 Å². The average molecular weight is 478 g/mol. The number of hydrogen-bond donors (Lipinski definition) is 2. The van der Waals surface area contributed by atoms with Gasteiger partial charge in [0.15, 0.2) is 11.5 Å². The number of aliphatic carboxylic acids is 1. The molecule has 2 aliphatic rings. The molecular formula is C27H31N3O5. The summed E-state index contributed by atoms with van der Waals surface area (Å²) in [6, 6.07) is 15.3. The topological polar surface area (TPSA) is 93.0 Å². The Balaban J connectivity index is 1.22. The molecule has 3 aromatic rings. The van der Waals surface area contributed by atoms with Gasteiger partial charge in [-0.25, -0.2) is 0 Å². The van der Waals surface area contributed by atoms with E-state index < -0.39 is 11.9 Å². The van der Waals surface area contributed by atoms with Crippen LogP contribution in [-0.4, -0.2) is 59.4 Å². The van der Waals surface area contributed by atoms with E-state index in [0.29, 0.717) is 39.4 Å². The normalized spacial score (nSPS) is 20.1. The van der Waals surface area contributed by atoms with E-state index in [-0.39, 0.29) is 11.6 Å². The van der Waals surface area contributed by atoms with Gasteiger partial charge in [0.1, 0.15) is 13.2 Å². The molecule has 8 heteroatoms. The SMILES string of the molecule is Cc1ccc2ccc(=O)n(CCN3CCC(NCc4ccc5c(c4)OCCO5)C(C(=O)O)C3)c2c1. The van der Waals surface area contributed by atoms with Crippen LogP contribution in [0.15, 0.2) is 53.3 Å². The molecule has 1 saturated heterocycles. The van der Waals surface area contributed by atoms with Crippen LogP contribution >= 0.6 is 0 Å². The van der Waals surface area contributed by atoms with Crippen molar-refractivity contribution >= 4 is 16.9 Å². The van der Waals surface area contributed by atoms with Gasteiger partial charge >= 0.3 is 5.97 Å². The lowest BCUT2D eigenvalue weighted by atomic mass is 9.92. The Morgan fingerprint density at radius 2 is 1.86 bits per heavy atom. The summed E-state index contributed by atoms with van der Waals surface area (Å²) >= 11 is 0. The lowest BCUT2D eigenvalue weighted by molar-refractivity contribution is -0.144. The Kier molecular flexibility index (Phi) is 6.74. The molecule has 8 nitrogen and oxygen atoms in total. The monoisotopic (exact) mass is 477 g/mol. The molecule has 3 heterocycles. The van der Waals surface area contributed by atoms with Crippen LogP contribution in [0.25, 0.3) is 10.9 Å². The molecule has 1 fully saturated rings. The summed E-state index contributed by atoms with van der Waals surface area (Å²) in [4.78, 5) is 26.8. The van der Waals surface area contributed by atoms with Crippen molar-refractivity contribution in [1.82, 2.24) is 14.8 Å². The van der Waals surface area contributed by atoms with Gasteiger partial charge in [-0.15, -0.1) is 0 Å². The fourth-order valence-corrected chi connectivity index (χ4v) is 5.03. The molecule has 0 aliphatic carbocycles. The number of likely N-dealkylation sites (tertiary alicyclic amines) is 1. The van der Waals surface area contributed by atoms with Crippen LogP contribution in [0.3, 0.4) is 0 Å². The number of nitrogens with one attached hydrogen (secondary N) is 1. The molecule has 0 amide bonds. The summed E-state index contributed by atoms with van der Waals surface area (Å²) in [6.45, 7) is 6.06. The highest BCUT2D eigenvalue weighted by atomic mass is 16.6. The van der Waals surface area contributed by atoms with E-state index in [9.17, 15) is 14.7 Å². The molecular weight excluding hydrogens is 446 g/mol. The Bertz CT molecular complexity index is 1290. The Hall–Kier alpha value is -3.36. The molecule has 2 aliphatic heterocycles. The molecule has 0 radical (unpaired) electrons. The second-order valence-corrected chi connectivity index (χ2v) is 9.38. The highest BCUT2D eigenvalue weighted by Gasteiger charge is 2.34. The van der Waals surface area contributed by atoms with Gasteiger partial charge in [0, 0.05) is 38.3 Å². The summed E-state index contributed by atoms with van der Waals surface area (Å²) in [7, 11) is 0. The second kappa shape index (κ2) is 10.1. The van der Waals surface area contributed by atoms with E-state index in [0.717, 1.165) is 46.5 Å². The zero-order valence-electron chi connectivity index (χ0n) is 19.9. The van der Waals surface area contributed by atoms with E-state index in [1.54, 1.807) is 10.6 Å². The van der Waals surface area contributed by atoms with Crippen LogP contribution in [0.4, 0.5) is 0 Å². The highest BCUT2D eigenvalue weighted by molar-refractivity contribution is 5.79. The van der Waals surface area contributed by atoms with Gasteiger partial charge < -0.3 is 29.4 Å². The number of hydrogen-bond acceptors (Lipinski definition) is 6. The number of ether oxygens (including phenoxy) is 2. The van der Waals surface area contributed by atoms with Crippen molar-refractivity contribution in [2.75, 3.05) is 32.8 Å². The number of aromatic nitrogens is 1. The van der Waals surface area contributed by atoms with Gasteiger partial charge in [-0.05, 0) is 60.7 Å². The van der Waals surface area contributed by atoms with Gasteiger partial charge in [-0.1, -0.05) is 18.2 Å². The van der Waals surface area contributed by atoms with E-state index in [1.165, 1.54) is 0 Å². The number of carbonyl (C=O) groups is 1. The molecule has 1 aromatic heterocycles. The van der Waals surface area contributed by atoms with E-state index in [1.807, 2.05) is 49.4 Å². The number of aryl methyl sites for hydroxylation is 1. The molecule has 0 spiro atoms. The van der Waals surface area contributed by atoms with Crippen LogP contribution in [0.5, 0.6) is 11.5 Å². The summed E-state index contributed by atoms with van der Waals surface area (Å²) < 4.78 is 13.0. The largest absolute Gasteiger partial charge is 0.486 e. The number of fused-ring (bicyclic) bond motifs is 2. The third-order valence-electron chi connectivity index (χ3n) is 6.98. The van der Waals surface area contributed by atoms with Gasteiger partial charge in [-0.3, -0.25) is 9.59 Å². The van der Waals surface area contributed by atoms with Crippen molar-refractivity contribution in [1.29, 1.82) is 0 Å². The number of carboxylic acids is 1.